The first-order valence-electron chi connectivity index (χ1n) is 8.20. The Bertz CT molecular complexity index is 1170. The topological polar surface area (TPSA) is 93.8 Å². The van der Waals surface area contributed by atoms with Gasteiger partial charge in [0.25, 0.3) is 5.69 Å². The fraction of sp³-hybridized carbons (Fsp3) is 0. The second kappa shape index (κ2) is 6.72. The average Bonchev–Trinajstić information content (AvgIpc) is 3.33. The second-order valence-corrected chi connectivity index (χ2v) is 5.94. The first kappa shape index (κ1) is 16.5. The van der Waals surface area contributed by atoms with Gasteiger partial charge in [0.1, 0.15) is 0 Å². The number of carbonyl (C=O) groups excluding carboxylic acids is 1. The van der Waals surface area contributed by atoms with Gasteiger partial charge < -0.3 is 4.98 Å². The van der Waals surface area contributed by atoms with Crippen LogP contribution in [0.25, 0.3) is 22.7 Å². The predicted molar refractivity (Wildman–Crippen MR) is 102 cm³/mol. The lowest BCUT2D eigenvalue weighted by Crippen LogP contribution is -1.93. The molecular formula is C20H14N4O3. The molecule has 2 aromatic heterocycles. The van der Waals surface area contributed by atoms with Crippen molar-refractivity contribution >= 4 is 28.4 Å². The van der Waals surface area contributed by atoms with E-state index < -0.39 is 4.92 Å². The van der Waals surface area contributed by atoms with Crippen molar-refractivity contribution in [3.8, 4) is 5.69 Å². The normalized spacial score (nSPS) is 11.3. The van der Waals surface area contributed by atoms with Gasteiger partial charge in [0.15, 0.2) is 5.78 Å². The number of para-hydroxylation sites is 1. The van der Waals surface area contributed by atoms with Gasteiger partial charge in [-0.15, -0.1) is 0 Å². The van der Waals surface area contributed by atoms with Gasteiger partial charge in [0.2, 0.25) is 0 Å². The molecule has 0 amide bonds. The third kappa shape index (κ3) is 3.25. The number of non-ortho nitro benzene ring substituents is 1. The molecule has 7 nitrogen and oxygen atoms in total. The lowest BCUT2D eigenvalue weighted by atomic mass is 10.1. The number of aromatic amines is 1. The molecule has 4 aromatic rings. The van der Waals surface area contributed by atoms with E-state index >= 15 is 0 Å². The second-order valence-electron chi connectivity index (χ2n) is 5.94. The fourth-order valence-electron chi connectivity index (χ4n) is 2.83. The Morgan fingerprint density at radius 3 is 2.78 bits per heavy atom. The minimum absolute atomic E-state index is 0.0516. The van der Waals surface area contributed by atoms with Crippen LogP contribution in [0.15, 0.2) is 73.2 Å². The van der Waals surface area contributed by atoms with Crippen molar-refractivity contribution in [3.05, 3.63) is 94.4 Å². The third-order valence-corrected chi connectivity index (χ3v) is 4.19. The number of benzene rings is 2. The van der Waals surface area contributed by atoms with Crippen molar-refractivity contribution < 1.29 is 9.72 Å². The highest BCUT2D eigenvalue weighted by atomic mass is 16.6. The molecule has 0 fully saturated rings. The maximum atomic E-state index is 12.5. The van der Waals surface area contributed by atoms with Crippen LogP contribution in [0.3, 0.4) is 0 Å². The standard InChI is InChI=1S/C20H14N4O3/c25-20(18-12-21-19-8-7-16(24(26)27)10-17(18)19)9-6-14-11-22-23(13-14)15-4-2-1-3-5-15/h1-13,21H. The smallest absolute Gasteiger partial charge is 0.270 e. The van der Waals surface area contributed by atoms with Crippen LogP contribution >= 0.6 is 0 Å². The fourth-order valence-corrected chi connectivity index (χ4v) is 2.83. The Kier molecular flexibility index (Phi) is 4.10. The van der Waals surface area contributed by atoms with Gasteiger partial charge in [-0.3, -0.25) is 14.9 Å². The van der Waals surface area contributed by atoms with Gasteiger partial charge in [-0.05, 0) is 30.4 Å². The molecule has 0 atom stereocenters. The van der Waals surface area contributed by atoms with Crippen LogP contribution in [-0.2, 0) is 0 Å². The lowest BCUT2D eigenvalue weighted by Gasteiger charge is -1.98. The van der Waals surface area contributed by atoms with E-state index in [1.807, 2.05) is 36.5 Å². The minimum atomic E-state index is -0.478. The number of hydrogen-bond donors (Lipinski definition) is 1. The molecule has 0 unspecified atom stereocenters. The van der Waals surface area contributed by atoms with E-state index in [0.29, 0.717) is 16.5 Å². The van der Waals surface area contributed by atoms with Crippen LogP contribution < -0.4 is 0 Å². The summed E-state index contributed by atoms with van der Waals surface area (Å²) in [5, 5.41) is 15.8. The highest BCUT2D eigenvalue weighted by Crippen LogP contribution is 2.24. The van der Waals surface area contributed by atoms with Gasteiger partial charge in [-0.2, -0.15) is 5.10 Å². The molecule has 1 N–H and O–H groups in total. The zero-order valence-corrected chi connectivity index (χ0v) is 14.1. The molecule has 0 saturated carbocycles. The van der Waals surface area contributed by atoms with Crippen LogP contribution in [0.1, 0.15) is 15.9 Å². The molecule has 0 bridgehead atoms. The number of H-pyrrole nitrogens is 1. The Morgan fingerprint density at radius 2 is 2.00 bits per heavy atom. The number of nitrogens with zero attached hydrogens (tertiary/aromatic N) is 3. The van der Waals surface area contributed by atoms with Gasteiger partial charge in [0, 0.05) is 46.6 Å². The van der Waals surface area contributed by atoms with E-state index in [0.717, 1.165) is 11.3 Å². The SMILES string of the molecule is O=C(C=Cc1cnn(-c2ccccc2)c1)c1c[nH]c2ccc([N+](=O)[O-])cc12. The van der Waals surface area contributed by atoms with Crippen molar-refractivity contribution in [1.29, 1.82) is 0 Å². The molecule has 132 valence electrons. The zero-order chi connectivity index (χ0) is 18.8. The number of nitrogens with one attached hydrogen (secondary N) is 1. The van der Waals surface area contributed by atoms with Crippen molar-refractivity contribution in [2.45, 2.75) is 0 Å². The number of fused-ring (bicyclic) bond motifs is 1. The van der Waals surface area contributed by atoms with Gasteiger partial charge in [0.05, 0.1) is 16.8 Å². The van der Waals surface area contributed by atoms with E-state index in [1.165, 1.54) is 18.2 Å². The molecule has 27 heavy (non-hydrogen) atoms. The maximum absolute atomic E-state index is 12.5. The number of rotatable bonds is 5. The number of allylic oxidation sites excluding steroid dienone is 1. The number of nitro groups is 1. The van der Waals surface area contributed by atoms with Gasteiger partial charge in [-0.25, -0.2) is 4.68 Å². The first-order valence-corrected chi connectivity index (χ1v) is 8.20. The molecule has 7 heteroatoms. The van der Waals surface area contributed by atoms with E-state index in [-0.39, 0.29) is 11.5 Å². The quantitative estimate of drug-likeness (QED) is 0.251. The highest BCUT2D eigenvalue weighted by molar-refractivity contribution is 6.14. The molecule has 2 heterocycles. The Labute approximate surface area is 153 Å². The van der Waals surface area contributed by atoms with Crippen LogP contribution in [0.2, 0.25) is 0 Å². The van der Waals surface area contributed by atoms with Crippen molar-refractivity contribution in [2.24, 2.45) is 0 Å². The molecule has 4 rings (SSSR count). The van der Waals surface area contributed by atoms with Gasteiger partial charge in [-0.1, -0.05) is 18.2 Å². The largest absolute Gasteiger partial charge is 0.360 e. The summed E-state index contributed by atoms with van der Waals surface area (Å²) in [5.74, 6) is -0.241. The molecule has 0 radical (unpaired) electrons. The average molecular weight is 358 g/mol. The van der Waals surface area contributed by atoms with Crippen molar-refractivity contribution in [1.82, 2.24) is 14.8 Å². The molecule has 0 spiro atoms. The number of nitro benzene ring substituents is 1. The zero-order valence-electron chi connectivity index (χ0n) is 14.1. The summed E-state index contributed by atoms with van der Waals surface area (Å²) < 4.78 is 1.72. The molecule has 2 aromatic carbocycles. The number of ketones is 1. The lowest BCUT2D eigenvalue weighted by molar-refractivity contribution is -0.384. The minimum Gasteiger partial charge on any atom is -0.360 e. The monoisotopic (exact) mass is 358 g/mol. The number of carbonyl (C=O) groups is 1. The van der Waals surface area contributed by atoms with Crippen LogP contribution in [0.5, 0.6) is 0 Å². The van der Waals surface area contributed by atoms with E-state index in [9.17, 15) is 14.9 Å². The summed E-state index contributed by atoms with van der Waals surface area (Å²) in [6, 6.07) is 14.0. The molecule has 0 aliphatic heterocycles. The summed E-state index contributed by atoms with van der Waals surface area (Å²) in [4.78, 5) is 26.0. The molecule has 0 saturated heterocycles. The Morgan fingerprint density at radius 1 is 1.19 bits per heavy atom. The summed E-state index contributed by atoms with van der Waals surface area (Å²) in [6.07, 6.45) is 8.16. The highest BCUT2D eigenvalue weighted by Gasteiger charge is 2.14. The van der Waals surface area contributed by atoms with Crippen molar-refractivity contribution in [3.63, 3.8) is 0 Å². The first-order chi connectivity index (χ1) is 13.1. The number of aromatic nitrogens is 3. The summed E-state index contributed by atoms with van der Waals surface area (Å²) in [5.41, 5.74) is 2.71. The molecular weight excluding hydrogens is 344 g/mol. The summed E-state index contributed by atoms with van der Waals surface area (Å²) in [7, 11) is 0. The van der Waals surface area contributed by atoms with Gasteiger partial charge >= 0.3 is 0 Å². The number of hydrogen-bond acceptors (Lipinski definition) is 4. The van der Waals surface area contributed by atoms with E-state index in [2.05, 4.69) is 10.1 Å². The van der Waals surface area contributed by atoms with E-state index in [4.69, 9.17) is 0 Å². The summed E-state index contributed by atoms with van der Waals surface area (Å²) >= 11 is 0. The van der Waals surface area contributed by atoms with E-state index in [1.54, 1.807) is 29.2 Å². The Balaban J connectivity index is 1.59. The van der Waals surface area contributed by atoms with Crippen molar-refractivity contribution in [2.75, 3.05) is 0 Å². The summed E-state index contributed by atoms with van der Waals surface area (Å²) in [6.45, 7) is 0. The third-order valence-electron chi connectivity index (χ3n) is 4.19. The molecule has 0 aliphatic rings. The van der Waals surface area contributed by atoms with Crippen LogP contribution in [-0.4, -0.2) is 25.5 Å². The van der Waals surface area contributed by atoms with Crippen LogP contribution in [0.4, 0.5) is 5.69 Å². The Hall–Kier alpha value is -4.00. The molecule has 0 aliphatic carbocycles. The predicted octanol–water partition coefficient (Wildman–Crippen LogP) is 4.16. The van der Waals surface area contributed by atoms with Crippen LogP contribution in [0, 0.1) is 10.1 Å². The maximum Gasteiger partial charge on any atom is 0.270 e.